The number of halogens is 1. The number of ketones is 1. The number of aromatic nitrogens is 2. The smallest absolute Gasteiger partial charge is 0.330 e. The van der Waals surface area contributed by atoms with Crippen LogP contribution in [-0.4, -0.2) is 32.7 Å². The highest BCUT2D eigenvalue weighted by Crippen LogP contribution is 2.32. The van der Waals surface area contributed by atoms with E-state index in [-0.39, 0.29) is 35.1 Å². The average molecular weight is 477 g/mol. The molecule has 0 bridgehead atoms. The van der Waals surface area contributed by atoms with E-state index in [2.05, 4.69) is 4.98 Å². The first-order chi connectivity index (χ1) is 16.4. The zero-order chi connectivity index (χ0) is 24.2. The fraction of sp³-hybridized carbons (Fsp3) is 0.0769. The molecule has 0 atom stereocenters. The molecule has 0 fully saturated rings. The maximum absolute atomic E-state index is 12.8. The van der Waals surface area contributed by atoms with E-state index in [1.807, 2.05) is 12.1 Å². The van der Waals surface area contributed by atoms with Gasteiger partial charge in [-0.1, -0.05) is 41.9 Å². The standard InChI is InChI=1S/C26H21ClN2O5/c1-34-24-12-16(11-19(15-30)25(24)32)5-10-23(31)18-3-2-4-21(13-18)29-14-22(28-26(29)33)17-6-8-20(27)9-7-17/h2-14,30,32H,15H2,1H3,(H,28,33)/b10-5+. The average Bonchev–Trinajstić information content (AvgIpc) is 3.25. The van der Waals surface area contributed by atoms with Crippen LogP contribution in [0.4, 0.5) is 0 Å². The van der Waals surface area contributed by atoms with Crippen molar-refractivity contribution in [2.75, 3.05) is 7.11 Å². The Balaban J connectivity index is 1.60. The Hall–Kier alpha value is -4.07. The summed E-state index contributed by atoms with van der Waals surface area (Å²) in [5, 5.41) is 20.0. The normalized spacial score (nSPS) is 11.1. The summed E-state index contributed by atoms with van der Waals surface area (Å²) in [5.41, 5.74) is 2.89. The molecule has 0 amide bonds. The molecule has 1 heterocycles. The summed E-state index contributed by atoms with van der Waals surface area (Å²) in [5.74, 6) is -0.221. The molecule has 3 N–H and O–H groups in total. The van der Waals surface area contributed by atoms with Crippen molar-refractivity contribution in [1.82, 2.24) is 9.55 Å². The van der Waals surface area contributed by atoms with Gasteiger partial charge >= 0.3 is 5.69 Å². The van der Waals surface area contributed by atoms with Crippen LogP contribution in [0.1, 0.15) is 21.5 Å². The number of carbonyl (C=O) groups excluding carboxylic acids is 1. The van der Waals surface area contributed by atoms with E-state index in [0.29, 0.717) is 27.5 Å². The van der Waals surface area contributed by atoms with Crippen LogP contribution in [0.15, 0.2) is 77.7 Å². The molecule has 0 aliphatic carbocycles. The number of aliphatic hydroxyl groups is 1. The van der Waals surface area contributed by atoms with Gasteiger partial charge in [0.25, 0.3) is 0 Å². The van der Waals surface area contributed by atoms with Crippen molar-refractivity contribution in [3.8, 4) is 28.4 Å². The molecule has 0 saturated heterocycles. The van der Waals surface area contributed by atoms with Crippen LogP contribution in [-0.2, 0) is 6.61 Å². The third-order valence-corrected chi connectivity index (χ3v) is 5.53. The predicted molar refractivity (Wildman–Crippen MR) is 131 cm³/mol. The van der Waals surface area contributed by atoms with Crippen molar-refractivity contribution >= 4 is 23.5 Å². The van der Waals surface area contributed by atoms with E-state index in [1.165, 1.54) is 17.8 Å². The number of aromatic hydroxyl groups is 1. The molecule has 7 nitrogen and oxygen atoms in total. The highest BCUT2D eigenvalue weighted by atomic mass is 35.5. The molecule has 1 aromatic heterocycles. The van der Waals surface area contributed by atoms with E-state index >= 15 is 0 Å². The van der Waals surface area contributed by atoms with E-state index in [0.717, 1.165) is 5.56 Å². The first-order valence-electron chi connectivity index (χ1n) is 10.3. The molecule has 0 saturated carbocycles. The minimum atomic E-state index is -0.372. The Bertz CT molecular complexity index is 1410. The molecule has 0 radical (unpaired) electrons. The Morgan fingerprint density at radius 3 is 2.62 bits per heavy atom. The van der Waals surface area contributed by atoms with Crippen molar-refractivity contribution in [2.24, 2.45) is 0 Å². The first kappa shape index (κ1) is 23.1. The van der Waals surface area contributed by atoms with E-state index in [1.54, 1.807) is 60.8 Å². The summed E-state index contributed by atoms with van der Waals surface area (Å²) in [6.07, 6.45) is 4.62. The van der Waals surface area contributed by atoms with Gasteiger partial charge in [-0.05, 0) is 53.6 Å². The molecule has 4 aromatic rings. The number of nitrogens with one attached hydrogen (secondary N) is 1. The lowest BCUT2D eigenvalue weighted by Gasteiger charge is -2.08. The molecule has 34 heavy (non-hydrogen) atoms. The molecular formula is C26H21ClN2O5. The highest BCUT2D eigenvalue weighted by molar-refractivity contribution is 6.30. The fourth-order valence-electron chi connectivity index (χ4n) is 3.50. The van der Waals surface area contributed by atoms with Gasteiger partial charge in [-0.15, -0.1) is 0 Å². The second-order valence-corrected chi connectivity index (χ2v) is 7.92. The molecule has 3 aromatic carbocycles. The summed E-state index contributed by atoms with van der Waals surface area (Å²) in [4.78, 5) is 28.2. The van der Waals surface area contributed by atoms with Crippen molar-refractivity contribution in [2.45, 2.75) is 6.61 Å². The van der Waals surface area contributed by atoms with Crippen LogP contribution >= 0.6 is 11.6 Å². The Labute approximate surface area is 200 Å². The number of hydrogen-bond acceptors (Lipinski definition) is 5. The van der Waals surface area contributed by atoms with Gasteiger partial charge in [0, 0.05) is 22.3 Å². The van der Waals surface area contributed by atoms with Gasteiger partial charge in [0.1, 0.15) is 0 Å². The number of methoxy groups -OCH3 is 1. The third kappa shape index (κ3) is 4.80. The number of benzene rings is 3. The van der Waals surface area contributed by atoms with E-state index in [9.17, 15) is 19.8 Å². The number of allylic oxidation sites excluding steroid dienone is 1. The van der Waals surface area contributed by atoms with Gasteiger partial charge < -0.3 is 19.9 Å². The van der Waals surface area contributed by atoms with Crippen molar-refractivity contribution < 1.29 is 19.7 Å². The second kappa shape index (κ2) is 9.82. The van der Waals surface area contributed by atoms with Crippen molar-refractivity contribution in [3.63, 3.8) is 0 Å². The van der Waals surface area contributed by atoms with E-state index in [4.69, 9.17) is 16.3 Å². The molecule has 4 rings (SSSR count). The molecule has 8 heteroatoms. The van der Waals surface area contributed by atoms with Crippen LogP contribution in [0.25, 0.3) is 23.0 Å². The molecule has 0 unspecified atom stereocenters. The molecule has 172 valence electrons. The Morgan fingerprint density at radius 1 is 1.15 bits per heavy atom. The predicted octanol–water partition coefficient (Wildman–Crippen LogP) is 4.59. The monoisotopic (exact) mass is 476 g/mol. The number of ether oxygens (including phenoxy) is 1. The maximum atomic E-state index is 12.8. The van der Waals surface area contributed by atoms with Crippen LogP contribution in [0.5, 0.6) is 11.5 Å². The number of aliphatic hydroxyl groups excluding tert-OH is 1. The van der Waals surface area contributed by atoms with Crippen LogP contribution < -0.4 is 10.4 Å². The van der Waals surface area contributed by atoms with Gasteiger partial charge in [-0.25, -0.2) is 4.79 Å². The summed E-state index contributed by atoms with van der Waals surface area (Å²) in [6.45, 7) is -0.372. The van der Waals surface area contributed by atoms with Crippen LogP contribution in [0.2, 0.25) is 5.02 Å². The number of rotatable bonds is 7. The number of phenols is 1. The summed E-state index contributed by atoms with van der Waals surface area (Å²) in [6, 6.07) is 16.9. The van der Waals surface area contributed by atoms with Crippen LogP contribution in [0.3, 0.4) is 0 Å². The topological polar surface area (TPSA) is 105 Å². The lowest BCUT2D eigenvalue weighted by Crippen LogP contribution is -2.14. The molecule has 0 spiro atoms. The highest BCUT2D eigenvalue weighted by Gasteiger charge is 2.11. The largest absolute Gasteiger partial charge is 0.504 e. The Morgan fingerprint density at radius 2 is 1.91 bits per heavy atom. The van der Waals surface area contributed by atoms with Crippen LogP contribution in [0, 0.1) is 0 Å². The van der Waals surface area contributed by atoms with Crippen molar-refractivity contribution in [3.05, 3.63) is 105 Å². The quantitative estimate of drug-likeness (QED) is 0.267. The summed E-state index contributed by atoms with van der Waals surface area (Å²) in [7, 11) is 1.40. The third-order valence-electron chi connectivity index (χ3n) is 5.28. The number of carbonyl (C=O) groups is 1. The fourth-order valence-corrected chi connectivity index (χ4v) is 3.63. The number of imidazole rings is 1. The van der Waals surface area contributed by atoms with Gasteiger partial charge in [0.2, 0.25) is 0 Å². The molecule has 0 aliphatic rings. The van der Waals surface area contributed by atoms with Gasteiger partial charge in [0.05, 0.1) is 25.1 Å². The minimum absolute atomic E-state index is 0.143. The van der Waals surface area contributed by atoms with Gasteiger partial charge in [-0.2, -0.15) is 0 Å². The number of nitrogens with zero attached hydrogens (tertiary/aromatic N) is 1. The lowest BCUT2D eigenvalue weighted by molar-refractivity contribution is 0.104. The lowest BCUT2D eigenvalue weighted by atomic mass is 10.1. The molecular weight excluding hydrogens is 456 g/mol. The van der Waals surface area contributed by atoms with Gasteiger partial charge in [-0.3, -0.25) is 9.36 Å². The first-order valence-corrected chi connectivity index (χ1v) is 10.7. The summed E-state index contributed by atoms with van der Waals surface area (Å²) < 4.78 is 6.55. The number of H-pyrrole nitrogens is 1. The second-order valence-electron chi connectivity index (χ2n) is 7.49. The maximum Gasteiger partial charge on any atom is 0.330 e. The van der Waals surface area contributed by atoms with Gasteiger partial charge in [0.15, 0.2) is 17.3 Å². The van der Waals surface area contributed by atoms with E-state index < -0.39 is 0 Å². The van der Waals surface area contributed by atoms with Crippen molar-refractivity contribution in [1.29, 1.82) is 0 Å². The zero-order valence-electron chi connectivity index (χ0n) is 18.2. The summed E-state index contributed by atoms with van der Waals surface area (Å²) >= 11 is 5.94. The zero-order valence-corrected chi connectivity index (χ0v) is 18.9. The Kier molecular flexibility index (Phi) is 6.67. The number of aromatic amines is 1. The molecule has 0 aliphatic heterocycles. The minimum Gasteiger partial charge on any atom is -0.504 e. The SMILES string of the molecule is COc1cc(/C=C/C(=O)c2cccc(-n3cc(-c4ccc(Cl)cc4)[nH]c3=O)c2)cc(CO)c1O. The number of hydrogen-bond donors (Lipinski definition) is 3.